The highest BCUT2D eigenvalue weighted by molar-refractivity contribution is 5.95. The summed E-state index contributed by atoms with van der Waals surface area (Å²) in [6.45, 7) is -1.18. The fraction of sp³-hybridized carbons (Fsp3) is 0.562. The molecule has 1 saturated heterocycles. The number of halogens is 3. The number of amides is 1. The van der Waals surface area contributed by atoms with Crippen molar-refractivity contribution >= 4 is 11.9 Å². The predicted molar refractivity (Wildman–Crippen MR) is 79.1 cm³/mol. The molecule has 2 aliphatic rings. The van der Waals surface area contributed by atoms with Gasteiger partial charge in [-0.05, 0) is 30.7 Å². The highest BCUT2D eigenvalue weighted by Crippen LogP contribution is 2.42. The van der Waals surface area contributed by atoms with Gasteiger partial charge in [-0.25, -0.2) is 9.78 Å². The molecule has 1 aromatic heterocycles. The van der Waals surface area contributed by atoms with Gasteiger partial charge < -0.3 is 14.7 Å². The van der Waals surface area contributed by atoms with Crippen LogP contribution >= 0.6 is 0 Å². The Morgan fingerprint density at radius 2 is 2.08 bits per heavy atom. The quantitative estimate of drug-likeness (QED) is 0.894. The molecule has 2 heterocycles. The van der Waals surface area contributed by atoms with Gasteiger partial charge in [0.15, 0.2) is 6.61 Å². The van der Waals surface area contributed by atoms with Crippen LogP contribution in [0.1, 0.15) is 29.8 Å². The second-order valence-electron chi connectivity index (χ2n) is 6.36. The summed E-state index contributed by atoms with van der Waals surface area (Å²) in [6, 6.07) is 3.01. The Bertz CT molecular complexity index is 680. The van der Waals surface area contributed by atoms with Gasteiger partial charge in [0, 0.05) is 12.6 Å². The molecule has 1 saturated carbocycles. The lowest BCUT2D eigenvalue weighted by Crippen LogP contribution is -2.43. The lowest BCUT2D eigenvalue weighted by molar-refractivity contribution is -0.154. The molecule has 0 spiro atoms. The molecule has 9 heteroatoms. The molecule has 3 rings (SSSR count). The van der Waals surface area contributed by atoms with E-state index in [4.69, 9.17) is 0 Å². The minimum absolute atomic E-state index is 0.0777. The Hall–Kier alpha value is -2.32. The highest BCUT2D eigenvalue weighted by atomic mass is 19.4. The normalized spacial score (nSPS) is 25.7. The van der Waals surface area contributed by atoms with Crippen LogP contribution in [0.15, 0.2) is 18.2 Å². The van der Waals surface area contributed by atoms with Crippen LogP contribution in [-0.4, -0.2) is 52.2 Å². The number of aromatic nitrogens is 1. The first kappa shape index (κ1) is 17.5. The van der Waals surface area contributed by atoms with E-state index < -0.39 is 30.7 Å². The van der Waals surface area contributed by atoms with Crippen LogP contribution in [-0.2, 0) is 4.79 Å². The molecule has 25 heavy (non-hydrogen) atoms. The van der Waals surface area contributed by atoms with Crippen LogP contribution in [0, 0.1) is 11.8 Å². The van der Waals surface area contributed by atoms with Crippen molar-refractivity contribution in [2.45, 2.75) is 31.5 Å². The Balaban J connectivity index is 1.77. The van der Waals surface area contributed by atoms with Gasteiger partial charge in [0.05, 0.1) is 0 Å². The summed E-state index contributed by atoms with van der Waals surface area (Å²) >= 11 is 0. The molecule has 1 aliphatic carbocycles. The molecular formula is C16H17F3N2O4. The Labute approximate surface area is 141 Å². The molecule has 1 amide bonds. The van der Waals surface area contributed by atoms with Crippen LogP contribution < -0.4 is 4.74 Å². The first-order chi connectivity index (χ1) is 11.8. The average Bonchev–Trinajstić information content (AvgIpc) is 3.12. The number of carboxylic acid groups (broad SMARTS) is 1. The van der Waals surface area contributed by atoms with Crippen LogP contribution in [0.2, 0.25) is 0 Å². The van der Waals surface area contributed by atoms with E-state index in [-0.39, 0.29) is 23.4 Å². The minimum Gasteiger partial charge on any atom is -0.480 e. The maximum absolute atomic E-state index is 12.7. The highest BCUT2D eigenvalue weighted by Gasteiger charge is 2.49. The SMILES string of the molecule is O=C(O)C1C2CCCC2CN1C(=O)c1cccc(OCC(F)(F)F)n1. The third kappa shape index (κ3) is 3.69. The number of hydrogen-bond acceptors (Lipinski definition) is 4. The predicted octanol–water partition coefficient (Wildman–Crippen LogP) is 2.35. The molecule has 1 N–H and O–H groups in total. The molecular weight excluding hydrogens is 341 g/mol. The smallest absolute Gasteiger partial charge is 0.422 e. The maximum atomic E-state index is 12.7. The third-order valence-corrected chi connectivity index (χ3v) is 4.73. The van der Waals surface area contributed by atoms with E-state index >= 15 is 0 Å². The van der Waals surface area contributed by atoms with Gasteiger partial charge in [-0.15, -0.1) is 0 Å². The summed E-state index contributed by atoms with van der Waals surface area (Å²) in [5.74, 6) is -1.92. The number of aliphatic carboxylic acids is 1. The summed E-state index contributed by atoms with van der Waals surface area (Å²) in [7, 11) is 0. The third-order valence-electron chi connectivity index (χ3n) is 4.73. The number of alkyl halides is 3. The van der Waals surface area contributed by atoms with Gasteiger partial charge in [0.25, 0.3) is 5.91 Å². The first-order valence-electron chi connectivity index (χ1n) is 7.96. The lowest BCUT2D eigenvalue weighted by atomic mass is 9.94. The number of rotatable bonds is 4. The van der Waals surface area contributed by atoms with E-state index in [9.17, 15) is 27.9 Å². The summed E-state index contributed by atoms with van der Waals surface area (Å²) in [5.41, 5.74) is -0.120. The lowest BCUT2D eigenvalue weighted by Gasteiger charge is -2.24. The van der Waals surface area contributed by atoms with E-state index in [2.05, 4.69) is 9.72 Å². The van der Waals surface area contributed by atoms with E-state index in [1.54, 1.807) is 0 Å². The standard InChI is InChI=1S/C16H17F3N2O4/c17-16(18,19)8-25-12-6-2-5-11(20-12)14(22)21-7-9-3-1-4-10(9)13(21)15(23)24/h2,5-6,9-10,13H,1,3-4,7-8H2,(H,23,24). The number of likely N-dealkylation sites (tertiary alicyclic amines) is 1. The van der Waals surface area contributed by atoms with Gasteiger partial charge in [-0.1, -0.05) is 12.5 Å². The zero-order chi connectivity index (χ0) is 18.2. The monoisotopic (exact) mass is 358 g/mol. The molecule has 1 aliphatic heterocycles. The first-order valence-corrected chi connectivity index (χ1v) is 7.96. The molecule has 0 bridgehead atoms. The molecule has 6 nitrogen and oxygen atoms in total. The molecule has 0 radical (unpaired) electrons. The summed E-state index contributed by atoms with van der Waals surface area (Å²) < 4.78 is 41.2. The minimum atomic E-state index is -4.51. The number of carbonyl (C=O) groups is 2. The zero-order valence-electron chi connectivity index (χ0n) is 13.2. The average molecular weight is 358 g/mol. The van der Waals surface area contributed by atoms with Crippen molar-refractivity contribution in [3.05, 3.63) is 23.9 Å². The van der Waals surface area contributed by atoms with Gasteiger partial charge in [0.1, 0.15) is 11.7 Å². The Morgan fingerprint density at radius 3 is 2.76 bits per heavy atom. The zero-order valence-corrected chi connectivity index (χ0v) is 13.2. The van der Waals surface area contributed by atoms with Crippen molar-refractivity contribution in [3.63, 3.8) is 0 Å². The van der Waals surface area contributed by atoms with Gasteiger partial charge in [0.2, 0.25) is 5.88 Å². The van der Waals surface area contributed by atoms with Gasteiger partial charge >= 0.3 is 12.1 Å². The molecule has 1 aromatic rings. The summed E-state index contributed by atoms with van der Waals surface area (Å²) in [6.07, 6.45) is -1.93. The molecule has 3 atom stereocenters. The van der Waals surface area contributed by atoms with Crippen molar-refractivity contribution < 1.29 is 32.6 Å². The number of carbonyl (C=O) groups excluding carboxylic acids is 1. The molecule has 2 fully saturated rings. The van der Waals surface area contributed by atoms with Crippen LogP contribution in [0.5, 0.6) is 5.88 Å². The van der Waals surface area contributed by atoms with Crippen LogP contribution in [0.3, 0.4) is 0 Å². The fourth-order valence-corrected chi connectivity index (χ4v) is 3.75. The fourth-order valence-electron chi connectivity index (χ4n) is 3.75. The van der Waals surface area contributed by atoms with Crippen molar-refractivity contribution in [2.24, 2.45) is 11.8 Å². The van der Waals surface area contributed by atoms with E-state index in [1.165, 1.54) is 23.1 Å². The number of hydrogen-bond donors (Lipinski definition) is 1. The summed E-state index contributed by atoms with van der Waals surface area (Å²) in [4.78, 5) is 29.3. The maximum Gasteiger partial charge on any atom is 0.422 e. The second kappa shape index (κ2) is 6.53. The second-order valence-corrected chi connectivity index (χ2v) is 6.36. The van der Waals surface area contributed by atoms with E-state index in [1.807, 2.05) is 0 Å². The topological polar surface area (TPSA) is 79.7 Å². The summed E-state index contributed by atoms with van der Waals surface area (Å²) in [5, 5.41) is 9.49. The number of fused-ring (bicyclic) bond motifs is 1. The number of ether oxygens (including phenoxy) is 1. The van der Waals surface area contributed by atoms with Crippen LogP contribution in [0.4, 0.5) is 13.2 Å². The molecule has 3 unspecified atom stereocenters. The van der Waals surface area contributed by atoms with Crippen molar-refractivity contribution in [1.82, 2.24) is 9.88 Å². The largest absolute Gasteiger partial charge is 0.480 e. The van der Waals surface area contributed by atoms with Gasteiger partial charge in [-0.3, -0.25) is 4.79 Å². The van der Waals surface area contributed by atoms with Crippen molar-refractivity contribution in [3.8, 4) is 5.88 Å². The molecule has 0 aromatic carbocycles. The van der Waals surface area contributed by atoms with Crippen molar-refractivity contribution in [2.75, 3.05) is 13.2 Å². The number of nitrogens with zero attached hydrogens (tertiary/aromatic N) is 2. The van der Waals surface area contributed by atoms with Gasteiger partial charge in [-0.2, -0.15) is 13.2 Å². The van der Waals surface area contributed by atoms with E-state index in [0.717, 1.165) is 19.3 Å². The number of carboxylic acids is 1. The Morgan fingerprint density at radius 1 is 1.32 bits per heavy atom. The van der Waals surface area contributed by atoms with E-state index in [0.29, 0.717) is 6.54 Å². The number of pyridine rings is 1. The molecule has 136 valence electrons. The Kier molecular flexibility index (Phi) is 4.57. The van der Waals surface area contributed by atoms with Crippen LogP contribution in [0.25, 0.3) is 0 Å². The van der Waals surface area contributed by atoms with Crippen molar-refractivity contribution in [1.29, 1.82) is 0 Å².